The summed E-state index contributed by atoms with van der Waals surface area (Å²) in [6, 6.07) is 0. The quantitative estimate of drug-likeness (QED) is 0.580. The minimum Gasteiger partial charge on any atom is -0.325 e. The largest absolute Gasteiger partial charge is 0.325 e. The van der Waals surface area contributed by atoms with Gasteiger partial charge in [0.05, 0.1) is 0 Å². The Morgan fingerprint density at radius 3 is 3.00 bits per heavy atom. The molecule has 0 aliphatic heterocycles. The van der Waals surface area contributed by atoms with Crippen LogP contribution in [0.3, 0.4) is 0 Å². The van der Waals surface area contributed by atoms with Gasteiger partial charge in [-0.1, -0.05) is 0 Å². The maximum absolute atomic E-state index is 5.45. The van der Waals surface area contributed by atoms with Crippen molar-refractivity contribution in [2.45, 2.75) is 6.54 Å². The van der Waals surface area contributed by atoms with Gasteiger partial charge in [0, 0.05) is 19.0 Å². The molecule has 12 heavy (non-hydrogen) atoms. The number of hydrogen-bond donors (Lipinski definition) is 1. The highest BCUT2D eigenvalue weighted by atomic mass is 32.2. The van der Waals surface area contributed by atoms with Gasteiger partial charge in [0.15, 0.2) is 0 Å². The van der Waals surface area contributed by atoms with E-state index in [1.807, 2.05) is 11.6 Å². The maximum Gasteiger partial charge on any atom is 0.116 e. The second kappa shape index (κ2) is 4.59. The lowest BCUT2D eigenvalue weighted by atomic mass is 10.5. The van der Waals surface area contributed by atoms with Gasteiger partial charge in [-0.05, 0) is 6.26 Å². The van der Waals surface area contributed by atoms with Gasteiger partial charge in [0.25, 0.3) is 0 Å². The number of nitrogens with zero attached hydrogens (tertiary/aromatic N) is 2. The number of aromatic nitrogens is 1. The van der Waals surface area contributed by atoms with Crippen LogP contribution >= 0.6 is 23.1 Å². The van der Waals surface area contributed by atoms with Gasteiger partial charge in [0.1, 0.15) is 15.7 Å². The Morgan fingerprint density at radius 2 is 2.58 bits per heavy atom. The van der Waals surface area contributed by atoms with Gasteiger partial charge >= 0.3 is 0 Å². The highest BCUT2D eigenvalue weighted by Crippen LogP contribution is 2.14. The van der Waals surface area contributed by atoms with E-state index in [0.717, 1.165) is 15.7 Å². The van der Waals surface area contributed by atoms with Gasteiger partial charge in [-0.25, -0.2) is 4.98 Å². The first-order chi connectivity index (χ1) is 5.81. The van der Waals surface area contributed by atoms with Crippen molar-refractivity contribution in [1.82, 2.24) is 4.98 Å². The lowest BCUT2D eigenvalue weighted by Crippen LogP contribution is -1.98. The minimum absolute atomic E-state index is 0.510. The molecule has 1 heterocycles. The van der Waals surface area contributed by atoms with Crippen LogP contribution in [0.5, 0.6) is 0 Å². The number of aliphatic imine (C=N–C) groups is 1. The minimum atomic E-state index is 0.510. The Bertz CT molecular complexity index is 280. The van der Waals surface area contributed by atoms with Crippen LogP contribution in [0.15, 0.2) is 10.4 Å². The molecular weight excluding hydrogens is 190 g/mol. The molecule has 0 atom stereocenters. The van der Waals surface area contributed by atoms with E-state index < -0.39 is 0 Å². The number of hydrogen-bond acceptors (Lipinski definition) is 5. The molecule has 0 saturated carbocycles. The normalized spacial score (nSPS) is 12.1. The van der Waals surface area contributed by atoms with E-state index in [2.05, 4.69) is 9.98 Å². The Labute approximate surface area is 80.1 Å². The van der Waals surface area contributed by atoms with Crippen molar-refractivity contribution in [3.63, 3.8) is 0 Å². The molecule has 5 heteroatoms. The van der Waals surface area contributed by atoms with Gasteiger partial charge < -0.3 is 5.73 Å². The van der Waals surface area contributed by atoms with Crippen molar-refractivity contribution in [2.75, 3.05) is 13.3 Å². The molecule has 2 N–H and O–H groups in total. The highest BCUT2D eigenvalue weighted by molar-refractivity contribution is 8.13. The van der Waals surface area contributed by atoms with E-state index >= 15 is 0 Å². The summed E-state index contributed by atoms with van der Waals surface area (Å²) in [5.74, 6) is 0. The summed E-state index contributed by atoms with van der Waals surface area (Å²) in [6.45, 7) is 0.510. The van der Waals surface area contributed by atoms with Crippen LogP contribution < -0.4 is 5.73 Å². The average Bonchev–Trinajstić information content (AvgIpc) is 2.55. The van der Waals surface area contributed by atoms with Crippen LogP contribution in [0.4, 0.5) is 0 Å². The highest BCUT2D eigenvalue weighted by Gasteiger charge is 2.05. The van der Waals surface area contributed by atoms with Crippen molar-refractivity contribution in [1.29, 1.82) is 0 Å². The Hall–Kier alpha value is -0.390. The van der Waals surface area contributed by atoms with Crippen LogP contribution in [-0.2, 0) is 6.54 Å². The van der Waals surface area contributed by atoms with Crippen LogP contribution in [0.2, 0.25) is 0 Å². The second-order valence-electron chi connectivity index (χ2n) is 2.06. The van der Waals surface area contributed by atoms with E-state index in [0.29, 0.717) is 6.54 Å². The molecule has 1 rings (SSSR count). The summed E-state index contributed by atoms with van der Waals surface area (Å²) < 4.78 is 0. The fourth-order valence-corrected chi connectivity index (χ4v) is 2.04. The number of rotatable bonds is 2. The summed E-state index contributed by atoms with van der Waals surface area (Å²) in [6.07, 6.45) is 1.99. The number of nitrogens with two attached hydrogens (primary N) is 1. The molecule has 0 saturated heterocycles. The molecule has 66 valence electrons. The number of thioether (sulfide) groups is 1. The van der Waals surface area contributed by atoms with Crippen molar-refractivity contribution >= 4 is 28.1 Å². The Balaban J connectivity index is 2.87. The molecule has 0 amide bonds. The third-order valence-electron chi connectivity index (χ3n) is 1.34. The first-order valence-electron chi connectivity index (χ1n) is 3.47. The zero-order valence-corrected chi connectivity index (χ0v) is 8.71. The molecule has 0 fully saturated rings. The molecule has 1 aromatic rings. The monoisotopic (exact) mass is 201 g/mol. The second-order valence-corrected chi connectivity index (χ2v) is 3.80. The van der Waals surface area contributed by atoms with Crippen molar-refractivity contribution in [2.24, 2.45) is 10.7 Å². The molecule has 0 unspecified atom stereocenters. The summed E-state index contributed by atoms with van der Waals surface area (Å²) in [5.41, 5.74) is 6.39. The van der Waals surface area contributed by atoms with E-state index in [1.165, 1.54) is 0 Å². The van der Waals surface area contributed by atoms with Crippen LogP contribution in [0.1, 0.15) is 10.7 Å². The molecule has 0 aromatic carbocycles. The lowest BCUT2D eigenvalue weighted by Gasteiger charge is -1.94. The van der Waals surface area contributed by atoms with E-state index in [9.17, 15) is 0 Å². The molecule has 3 nitrogen and oxygen atoms in total. The third-order valence-corrected chi connectivity index (χ3v) is 2.99. The summed E-state index contributed by atoms with van der Waals surface area (Å²) >= 11 is 3.18. The average molecular weight is 201 g/mol. The Morgan fingerprint density at radius 1 is 1.83 bits per heavy atom. The predicted molar refractivity (Wildman–Crippen MR) is 56.0 cm³/mol. The molecule has 0 aliphatic carbocycles. The molecule has 1 aromatic heterocycles. The first-order valence-corrected chi connectivity index (χ1v) is 5.58. The summed E-state index contributed by atoms with van der Waals surface area (Å²) in [5, 5.41) is 3.91. The maximum atomic E-state index is 5.45. The fraction of sp³-hybridized carbons (Fsp3) is 0.429. The van der Waals surface area contributed by atoms with Gasteiger partial charge in [-0.2, -0.15) is 0 Å². The number of thiazole rings is 1. The molecular formula is C7H11N3S2. The van der Waals surface area contributed by atoms with Crippen LogP contribution in [0, 0.1) is 0 Å². The smallest absolute Gasteiger partial charge is 0.116 e. The summed E-state index contributed by atoms with van der Waals surface area (Å²) in [7, 11) is 1.77. The first kappa shape index (κ1) is 9.70. The summed E-state index contributed by atoms with van der Waals surface area (Å²) in [4.78, 5) is 8.42. The van der Waals surface area contributed by atoms with Gasteiger partial charge in [-0.3, -0.25) is 4.99 Å². The van der Waals surface area contributed by atoms with E-state index in [1.54, 1.807) is 30.1 Å². The van der Waals surface area contributed by atoms with Crippen molar-refractivity contribution < 1.29 is 0 Å². The van der Waals surface area contributed by atoms with Gasteiger partial charge in [0.2, 0.25) is 0 Å². The van der Waals surface area contributed by atoms with E-state index in [4.69, 9.17) is 5.73 Å². The predicted octanol–water partition coefficient (Wildman–Crippen LogP) is 1.34. The molecule has 0 bridgehead atoms. The standard InChI is InChI=1S/C7H11N3S2/c1-9-7(11-2)5-4-12-6(3-8)10-5/h4H,3,8H2,1-2H3. The molecule has 0 spiro atoms. The zero-order chi connectivity index (χ0) is 8.97. The Kier molecular flexibility index (Phi) is 3.71. The SMILES string of the molecule is CN=C(SC)c1csc(CN)n1. The zero-order valence-electron chi connectivity index (χ0n) is 7.07. The van der Waals surface area contributed by atoms with Crippen LogP contribution in [-0.4, -0.2) is 23.3 Å². The fourth-order valence-electron chi connectivity index (χ4n) is 0.813. The molecule has 0 radical (unpaired) electrons. The molecule has 0 aliphatic rings. The van der Waals surface area contributed by atoms with E-state index in [-0.39, 0.29) is 0 Å². The van der Waals surface area contributed by atoms with Crippen LogP contribution in [0.25, 0.3) is 0 Å². The van der Waals surface area contributed by atoms with Crippen molar-refractivity contribution in [3.05, 3.63) is 16.1 Å². The topological polar surface area (TPSA) is 51.3 Å². The van der Waals surface area contributed by atoms with Gasteiger partial charge in [-0.15, -0.1) is 23.1 Å². The third kappa shape index (κ3) is 2.06. The lowest BCUT2D eigenvalue weighted by molar-refractivity contribution is 1.03. The van der Waals surface area contributed by atoms with Crippen molar-refractivity contribution in [3.8, 4) is 0 Å².